The Labute approximate surface area is 163 Å². The van der Waals surface area contributed by atoms with Crippen LogP contribution in [0.5, 0.6) is 0 Å². The van der Waals surface area contributed by atoms with Gasteiger partial charge in [0.2, 0.25) is 5.91 Å². The van der Waals surface area contributed by atoms with E-state index in [1.54, 1.807) is 7.05 Å². The average Bonchev–Trinajstić information content (AvgIpc) is 3.02. The summed E-state index contributed by atoms with van der Waals surface area (Å²) in [6.07, 6.45) is 5.72. The van der Waals surface area contributed by atoms with E-state index in [9.17, 15) is 14.4 Å². The number of nitrogens with zero attached hydrogens (tertiary/aromatic N) is 4. The standard InChI is InChI=1S/C20H29N5O3/c1-12(2)9-10-25-16-18(23(4)20(28)24(5)19(16)27)22-17(25)14-7-6-8-15(11-14)21-13(3)26/h9,14-15H,6-8,10-11H2,1-5H3,(H,21,26). The molecule has 0 aromatic carbocycles. The van der Waals surface area contributed by atoms with Gasteiger partial charge < -0.3 is 9.88 Å². The summed E-state index contributed by atoms with van der Waals surface area (Å²) in [4.78, 5) is 41.5. The highest BCUT2D eigenvalue weighted by Gasteiger charge is 2.29. The third kappa shape index (κ3) is 3.68. The second-order valence-electron chi connectivity index (χ2n) is 8.00. The van der Waals surface area contributed by atoms with Crippen LogP contribution < -0.4 is 16.6 Å². The van der Waals surface area contributed by atoms with E-state index < -0.39 is 0 Å². The summed E-state index contributed by atoms with van der Waals surface area (Å²) < 4.78 is 4.52. The number of rotatable bonds is 4. The van der Waals surface area contributed by atoms with Crippen molar-refractivity contribution in [1.82, 2.24) is 24.0 Å². The number of aromatic nitrogens is 4. The molecule has 2 heterocycles. The predicted molar refractivity (Wildman–Crippen MR) is 108 cm³/mol. The molecule has 8 heteroatoms. The zero-order valence-electron chi connectivity index (χ0n) is 17.3. The molecule has 28 heavy (non-hydrogen) atoms. The Kier molecular flexibility index (Phi) is 5.58. The Bertz CT molecular complexity index is 1050. The number of aryl methyl sites for hydroxylation is 1. The lowest BCUT2D eigenvalue weighted by atomic mass is 9.85. The normalized spacial score (nSPS) is 19.6. The molecule has 1 saturated carbocycles. The predicted octanol–water partition coefficient (Wildman–Crippen LogP) is 1.56. The monoisotopic (exact) mass is 387 g/mol. The molecule has 1 aliphatic rings. The minimum absolute atomic E-state index is 0.0278. The van der Waals surface area contributed by atoms with Crippen molar-refractivity contribution in [3.63, 3.8) is 0 Å². The fourth-order valence-corrected chi connectivity index (χ4v) is 4.08. The van der Waals surface area contributed by atoms with E-state index in [1.165, 1.54) is 18.5 Å². The minimum atomic E-state index is -0.379. The molecule has 1 aliphatic carbocycles. The Morgan fingerprint density at radius 2 is 1.89 bits per heavy atom. The van der Waals surface area contributed by atoms with Crippen LogP contribution in [0.1, 0.15) is 58.2 Å². The van der Waals surface area contributed by atoms with Crippen LogP contribution >= 0.6 is 0 Å². The van der Waals surface area contributed by atoms with E-state index in [-0.39, 0.29) is 29.1 Å². The molecule has 0 aliphatic heterocycles. The van der Waals surface area contributed by atoms with Gasteiger partial charge in [-0.3, -0.25) is 18.7 Å². The first-order valence-corrected chi connectivity index (χ1v) is 9.77. The van der Waals surface area contributed by atoms with Crippen molar-refractivity contribution in [3.8, 4) is 0 Å². The Hall–Kier alpha value is -2.64. The van der Waals surface area contributed by atoms with E-state index in [2.05, 4.69) is 11.4 Å². The fourth-order valence-electron chi connectivity index (χ4n) is 4.08. The summed E-state index contributed by atoms with van der Waals surface area (Å²) in [5, 5.41) is 3.02. The first kappa shape index (κ1) is 20.1. The SMILES string of the molecule is CC(=O)NC1CCCC(c2nc3c(c(=O)n(C)c(=O)n3C)n2CC=C(C)C)C1. The first-order valence-electron chi connectivity index (χ1n) is 9.77. The number of nitrogens with one attached hydrogen (secondary N) is 1. The number of hydrogen-bond donors (Lipinski definition) is 1. The lowest BCUT2D eigenvalue weighted by molar-refractivity contribution is -0.119. The third-order valence-electron chi connectivity index (χ3n) is 5.51. The molecule has 8 nitrogen and oxygen atoms in total. The van der Waals surface area contributed by atoms with Gasteiger partial charge in [-0.2, -0.15) is 0 Å². The molecule has 0 spiro atoms. The van der Waals surface area contributed by atoms with Crippen LogP contribution in [-0.4, -0.2) is 30.6 Å². The smallest absolute Gasteiger partial charge is 0.332 e. The van der Waals surface area contributed by atoms with E-state index in [0.29, 0.717) is 17.7 Å². The molecular formula is C20H29N5O3. The van der Waals surface area contributed by atoms with Gasteiger partial charge in [-0.25, -0.2) is 9.78 Å². The summed E-state index contributed by atoms with van der Waals surface area (Å²) in [6.45, 7) is 6.09. The summed E-state index contributed by atoms with van der Waals surface area (Å²) in [5.41, 5.74) is 1.32. The number of amides is 1. The van der Waals surface area contributed by atoms with Gasteiger partial charge in [-0.05, 0) is 33.1 Å². The highest BCUT2D eigenvalue weighted by Crippen LogP contribution is 2.33. The van der Waals surface area contributed by atoms with Gasteiger partial charge in [0, 0.05) is 39.5 Å². The van der Waals surface area contributed by atoms with Crippen molar-refractivity contribution in [2.75, 3.05) is 0 Å². The minimum Gasteiger partial charge on any atom is -0.354 e. The molecule has 3 rings (SSSR count). The number of carbonyl (C=O) groups is 1. The quantitative estimate of drug-likeness (QED) is 0.806. The van der Waals surface area contributed by atoms with Crippen molar-refractivity contribution in [2.45, 2.75) is 65.0 Å². The first-order chi connectivity index (χ1) is 13.2. The number of hydrogen-bond acceptors (Lipinski definition) is 4. The molecule has 0 radical (unpaired) electrons. The summed E-state index contributed by atoms with van der Waals surface area (Å²) in [7, 11) is 3.14. The molecule has 1 N–H and O–H groups in total. The summed E-state index contributed by atoms with van der Waals surface area (Å²) >= 11 is 0. The van der Waals surface area contributed by atoms with Crippen molar-refractivity contribution in [2.24, 2.45) is 14.1 Å². The molecule has 152 valence electrons. The Morgan fingerprint density at radius 3 is 2.54 bits per heavy atom. The summed E-state index contributed by atoms with van der Waals surface area (Å²) in [6, 6.07) is 0.111. The van der Waals surface area contributed by atoms with Crippen LogP contribution in [0.15, 0.2) is 21.2 Å². The van der Waals surface area contributed by atoms with Crippen LogP contribution in [-0.2, 0) is 25.4 Å². The van der Waals surface area contributed by atoms with E-state index >= 15 is 0 Å². The lowest BCUT2D eigenvalue weighted by Gasteiger charge is -2.29. The highest BCUT2D eigenvalue weighted by molar-refractivity contribution is 5.73. The van der Waals surface area contributed by atoms with Gasteiger partial charge in [-0.1, -0.05) is 18.1 Å². The van der Waals surface area contributed by atoms with E-state index in [4.69, 9.17) is 4.98 Å². The molecule has 1 fully saturated rings. The zero-order valence-corrected chi connectivity index (χ0v) is 17.3. The highest BCUT2D eigenvalue weighted by atomic mass is 16.2. The molecule has 0 bridgehead atoms. The maximum atomic E-state index is 12.9. The molecule has 2 atom stereocenters. The molecular weight excluding hydrogens is 358 g/mol. The van der Waals surface area contributed by atoms with Crippen molar-refractivity contribution in [3.05, 3.63) is 38.3 Å². The summed E-state index contributed by atoms with van der Waals surface area (Å²) in [5.74, 6) is 0.921. The molecule has 2 unspecified atom stereocenters. The maximum Gasteiger partial charge on any atom is 0.332 e. The van der Waals surface area contributed by atoms with Crippen LogP contribution in [0.3, 0.4) is 0 Å². The number of carbonyl (C=O) groups excluding carboxylic acids is 1. The van der Waals surface area contributed by atoms with Gasteiger partial charge in [0.25, 0.3) is 5.56 Å². The maximum absolute atomic E-state index is 12.9. The van der Waals surface area contributed by atoms with Gasteiger partial charge in [0.05, 0.1) is 0 Å². The number of fused-ring (bicyclic) bond motifs is 1. The van der Waals surface area contributed by atoms with Crippen LogP contribution in [0, 0.1) is 0 Å². The van der Waals surface area contributed by atoms with Crippen molar-refractivity contribution in [1.29, 1.82) is 0 Å². The lowest BCUT2D eigenvalue weighted by Crippen LogP contribution is -2.37. The van der Waals surface area contributed by atoms with Crippen LogP contribution in [0.4, 0.5) is 0 Å². The van der Waals surface area contributed by atoms with Gasteiger partial charge in [-0.15, -0.1) is 0 Å². The van der Waals surface area contributed by atoms with E-state index in [1.807, 2.05) is 18.4 Å². The zero-order chi connectivity index (χ0) is 20.6. The van der Waals surface area contributed by atoms with Gasteiger partial charge >= 0.3 is 5.69 Å². The van der Waals surface area contributed by atoms with Gasteiger partial charge in [0.1, 0.15) is 5.82 Å². The Morgan fingerprint density at radius 1 is 1.18 bits per heavy atom. The third-order valence-corrected chi connectivity index (χ3v) is 5.51. The second kappa shape index (κ2) is 7.77. The largest absolute Gasteiger partial charge is 0.354 e. The number of imidazole rings is 1. The van der Waals surface area contributed by atoms with Crippen LogP contribution in [0.25, 0.3) is 11.2 Å². The topological polar surface area (TPSA) is 90.9 Å². The van der Waals surface area contributed by atoms with Gasteiger partial charge in [0.15, 0.2) is 11.2 Å². The molecule has 2 aromatic heterocycles. The van der Waals surface area contributed by atoms with Crippen LogP contribution in [0.2, 0.25) is 0 Å². The fraction of sp³-hybridized carbons (Fsp3) is 0.600. The van der Waals surface area contributed by atoms with E-state index in [0.717, 1.165) is 41.6 Å². The second-order valence-corrected chi connectivity index (χ2v) is 8.00. The Balaban J connectivity index is 2.17. The number of allylic oxidation sites excluding steroid dienone is 2. The average molecular weight is 387 g/mol. The molecule has 2 aromatic rings. The molecule has 0 saturated heterocycles. The molecule has 1 amide bonds. The van der Waals surface area contributed by atoms with Crippen molar-refractivity contribution < 1.29 is 4.79 Å². The van der Waals surface area contributed by atoms with Crippen molar-refractivity contribution >= 4 is 17.1 Å².